The number of anilines is 1. The Bertz CT molecular complexity index is 625. The van der Waals surface area contributed by atoms with Gasteiger partial charge in [-0.3, -0.25) is 0 Å². The van der Waals surface area contributed by atoms with Gasteiger partial charge in [0, 0.05) is 30.1 Å². The van der Waals surface area contributed by atoms with Gasteiger partial charge in [0.15, 0.2) is 0 Å². The maximum atomic E-state index is 13.9. The van der Waals surface area contributed by atoms with Crippen LogP contribution in [0.4, 0.5) is 10.1 Å². The van der Waals surface area contributed by atoms with Crippen molar-refractivity contribution in [3.05, 3.63) is 64.4 Å². The van der Waals surface area contributed by atoms with Crippen molar-refractivity contribution in [1.82, 2.24) is 4.90 Å². The Hall–Kier alpha value is -1.39. The van der Waals surface area contributed by atoms with E-state index in [-0.39, 0.29) is 5.82 Å². The van der Waals surface area contributed by atoms with Gasteiger partial charge in [0.05, 0.1) is 5.69 Å². The van der Waals surface area contributed by atoms with Crippen LogP contribution < -0.4 is 5.32 Å². The SMILES string of the molecule is Fc1cc(Br)ccc1NC1CCN(CCc2ccccc2)CC1. The van der Waals surface area contributed by atoms with Gasteiger partial charge < -0.3 is 10.2 Å². The predicted octanol–water partition coefficient (Wildman–Crippen LogP) is 4.71. The van der Waals surface area contributed by atoms with Gasteiger partial charge in [-0.05, 0) is 43.0 Å². The summed E-state index contributed by atoms with van der Waals surface area (Å²) in [7, 11) is 0. The third kappa shape index (κ3) is 4.79. The van der Waals surface area contributed by atoms with E-state index in [1.54, 1.807) is 6.07 Å². The summed E-state index contributed by atoms with van der Waals surface area (Å²) < 4.78 is 14.7. The third-order valence-electron chi connectivity index (χ3n) is 4.44. The maximum Gasteiger partial charge on any atom is 0.147 e. The van der Waals surface area contributed by atoms with E-state index in [0.717, 1.165) is 43.4 Å². The Balaban J connectivity index is 1.45. The molecule has 1 N–H and O–H groups in total. The van der Waals surface area contributed by atoms with Crippen LogP contribution in [0.1, 0.15) is 18.4 Å². The summed E-state index contributed by atoms with van der Waals surface area (Å²) in [6, 6.07) is 16.2. The van der Waals surface area contributed by atoms with Crippen LogP contribution in [0.5, 0.6) is 0 Å². The van der Waals surface area contributed by atoms with Crippen molar-refractivity contribution in [2.75, 3.05) is 25.0 Å². The van der Waals surface area contributed by atoms with Crippen molar-refractivity contribution in [2.24, 2.45) is 0 Å². The molecule has 1 saturated heterocycles. The molecular weight excluding hydrogens is 355 g/mol. The van der Waals surface area contributed by atoms with Crippen LogP contribution in [0, 0.1) is 5.82 Å². The molecule has 1 aliphatic rings. The van der Waals surface area contributed by atoms with Gasteiger partial charge in [-0.15, -0.1) is 0 Å². The summed E-state index contributed by atoms with van der Waals surface area (Å²) >= 11 is 3.29. The van der Waals surface area contributed by atoms with Crippen molar-refractivity contribution in [3.63, 3.8) is 0 Å². The first-order valence-electron chi connectivity index (χ1n) is 8.18. The molecular formula is C19H22BrFN2. The molecule has 0 amide bonds. The molecule has 0 radical (unpaired) electrons. The molecule has 0 atom stereocenters. The highest BCUT2D eigenvalue weighted by Crippen LogP contribution is 2.22. The molecule has 0 bridgehead atoms. The van der Waals surface area contributed by atoms with Crippen LogP contribution in [0.15, 0.2) is 53.0 Å². The molecule has 0 spiro atoms. The third-order valence-corrected chi connectivity index (χ3v) is 4.93. The first-order chi connectivity index (χ1) is 11.2. The highest BCUT2D eigenvalue weighted by molar-refractivity contribution is 9.10. The number of likely N-dealkylation sites (tertiary alicyclic amines) is 1. The van der Waals surface area contributed by atoms with E-state index < -0.39 is 0 Å². The largest absolute Gasteiger partial charge is 0.380 e. The maximum absolute atomic E-state index is 13.9. The molecule has 23 heavy (non-hydrogen) atoms. The fraction of sp³-hybridized carbons (Fsp3) is 0.368. The fourth-order valence-electron chi connectivity index (χ4n) is 3.06. The molecule has 2 aromatic carbocycles. The lowest BCUT2D eigenvalue weighted by Crippen LogP contribution is -2.40. The lowest BCUT2D eigenvalue weighted by atomic mass is 10.0. The topological polar surface area (TPSA) is 15.3 Å². The molecule has 122 valence electrons. The average Bonchev–Trinajstić information content (AvgIpc) is 2.58. The van der Waals surface area contributed by atoms with Crippen LogP contribution >= 0.6 is 15.9 Å². The molecule has 3 rings (SSSR count). The van der Waals surface area contributed by atoms with Gasteiger partial charge in [-0.1, -0.05) is 46.3 Å². The number of piperidine rings is 1. The molecule has 2 aromatic rings. The molecule has 0 unspecified atom stereocenters. The molecule has 0 aliphatic carbocycles. The number of hydrogen-bond acceptors (Lipinski definition) is 2. The fourth-order valence-corrected chi connectivity index (χ4v) is 3.39. The molecule has 0 aromatic heterocycles. The molecule has 4 heteroatoms. The van der Waals surface area contributed by atoms with E-state index in [2.05, 4.69) is 56.5 Å². The summed E-state index contributed by atoms with van der Waals surface area (Å²) in [6.45, 7) is 3.24. The first-order valence-corrected chi connectivity index (χ1v) is 8.98. The molecule has 1 heterocycles. The van der Waals surface area contributed by atoms with Gasteiger partial charge >= 0.3 is 0 Å². The number of benzene rings is 2. The minimum Gasteiger partial charge on any atom is -0.380 e. The minimum absolute atomic E-state index is 0.189. The Morgan fingerprint density at radius 2 is 1.83 bits per heavy atom. The van der Waals surface area contributed by atoms with Crippen LogP contribution in [0.2, 0.25) is 0 Å². The first kappa shape index (κ1) is 16.5. The lowest BCUT2D eigenvalue weighted by molar-refractivity contribution is 0.221. The number of rotatable bonds is 5. The lowest BCUT2D eigenvalue weighted by Gasteiger charge is -2.33. The zero-order chi connectivity index (χ0) is 16.1. The Kier molecular flexibility index (Phi) is 5.68. The Labute approximate surface area is 145 Å². The van der Waals surface area contributed by atoms with E-state index in [1.165, 1.54) is 11.6 Å². The number of halogens is 2. The van der Waals surface area contributed by atoms with Gasteiger partial charge in [-0.25, -0.2) is 4.39 Å². The highest BCUT2D eigenvalue weighted by Gasteiger charge is 2.19. The Morgan fingerprint density at radius 3 is 2.52 bits per heavy atom. The second-order valence-electron chi connectivity index (χ2n) is 6.12. The van der Waals surface area contributed by atoms with Crippen molar-refractivity contribution in [2.45, 2.75) is 25.3 Å². The molecule has 2 nitrogen and oxygen atoms in total. The van der Waals surface area contributed by atoms with Crippen LogP contribution in [0.25, 0.3) is 0 Å². The van der Waals surface area contributed by atoms with E-state index in [0.29, 0.717) is 11.7 Å². The normalized spacial score (nSPS) is 16.4. The van der Waals surface area contributed by atoms with Gasteiger partial charge in [0.2, 0.25) is 0 Å². The van der Waals surface area contributed by atoms with E-state index in [4.69, 9.17) is 0 Å². The second kappa shape index (κ2) is 7.93. The molecule has 1 fully saturated rings. The summed E-state index contributed by atoms with van der Waals surface area (Å²) in [5.74, 6) is -0.189. The van der Waals surface area contributed by atoms with Crippen LogP contribution in [-0.2, 0) is 6.42 Å². The Morgan fingerprint density at radius 1 is 1.09 bits per heavy atom. The van der Waals surface area contributed by atoms with Crippen LogP contribution in [-0.4, -0.2) is 30.6 Å². The van der Waals surface area contributed by atoms with Crippen molar-refractivity contribution in [1.29, 1.82) is 0 Å². The van der Waals surface area contributed by atoms with E-state index in [9.17, 15) is 4.39 Å². The van der Waals surface area contributed by atoms with E-state index in [1.807, 2.05) is 6.07 Å². The zero-order valence-electron chi connectivity index (χ0n) is 13.1. The summed E-state index contributed by atoms with van der Waals surface area (Å²) in [6.07, 6.45) is 3.22. The second-order valence-corrected chi connectivity index (χ2v) is 7.04. The predicted molar refractivity (Wildman–Crippen MR) is 97.3 cm³/mol. The quantitative estimate of drug-likeness (QED) is 0.812. The number of nitrogens with zero attached hydrogens (tertiary/aromatic N) is 1. The molecule has 0 saturated carbocycles. The summed E-state index contributed by atoms with van der Waals surface area (Å²) in [5, 5.41) is 3.35. The van der Waals surface area contributed by atoms with Gasteiger partial charge in [-0.2, -0.15) is 0 Å². The standard InChI is InChI=1S/C19H22BrFN2/c20-16-6-7-19(18(21)14-16)22-17-9-12-23(13-10-17)11-8-15-4-2-1-3-5-15/h1-7,14,17,22H,8-13H2. The van der Waals surface area contributed by atoms with E-state index >= 15 is 0 Å². The zero-order valence-corrected chi connectivity index (χ0v) is 14.7. The highest BCUT2D eigenvalue weighted by atomic mass is 79.9. The summed E-state index contributed by atoms with van der Waals surface area (Å²) in [5.41, 5.74) is 2.00. The smallest absolute Gasteiger partial charge is 0.147 e. The van der Waals surface area contributed by atoms with Gasteiger partial charge in [0.25, 0.3) is 0 Å². The van der Waals surface area contributed by atoms with Crippen molar-refractivity contribution >= 4 is 21.6 Å². The van der Waals surface area contributed by atoms with Crippen molar-refractivity contribution < 1.29 is 4.39 Å². The summed E-state index contributed by atoms with van der Waals surface area (Å²) in [4.78, 5) is 2.50. The molecule has 1 aliphatic heterocycles. The monoisotopic (exact) mass is 376 g/mol. The number of hydrogen-bond donors (Lipinski definition) is 1. The minimum atomic E-state index is -0.189. The van der Waals surface area contributed by atoms with Crippen LogP contribution in [0.3, 0.4) is 0 Å². The average molecular weight is 377 g/mol. The number of nitrogens with one attached hydrogen (secondary N) is 1. The van der Waals surface area contributed by atoms with Gasteiger partial charge in [0.1, 0.15) is 5.82 Å². The van der Waals surface area contributed by atoms with Crippen molar-refractivity contribution in [3.8, 4) is 0 Å².